The lowest BCUT2D eigenvalue weighted by Gasteiger charge is -2.15. The highest BCUT2D eigenvalue weighted by Gasteiger charge is 2.31. The molecule has 3 rings (SSSR count). The van der Waals surface area contributed by atoms with Gasteiger partial charge in [-0.25, -0.2) is 4.79 Å². The van der Waals surface area contributed by atoms with Crippen LogP contribution in [0.4, 0.5) is 18.0 Å². The highest BCUT2D eigenvalue weighted by Crippen LogP contribution is 2.39. The van der Waals surface area contributed by atoms with E-state index in [0.29, 0.717) is 32.4 Å². The van der Waals surface area contributed by atoms with Gasteiger partial charge in [0.05, 0.1) is 17.1 Å². The molecule has 3 aromatic rings. The molecular formula is C20H15BrF3NO5. The highest BCUT2D eigenvalue weighted by atomic mass is 79.9. The smallest absolute Gasteiger partial charge is 0.456 e. The fourth-order valence-electron chi connectivity index (χ4n) is 2.62. The van der Waals surface area contributed by atoms with Crippen molar-refractivity contribution in [3.63, 3.8) is 0 Å². The number of ether oxygens (including phenoxy) is 4. The van der Waals surface area contributed by atoms with E-state index in [9.17, 15) is 18.0 Å². The van der Waals surface area contributed by atoms with Crippen molar-refractivity contribution in [3.8, 4) is 23.0 Å². The standard InChI is InChI=1S/C20H15BrF3NO5/c1-10-11(2)25-16-9-15(21)17(8-14(16)18(10)29-19(26)27-3)28-12-4-6-13(7-5-12)30-20(22,23)24/h4-9H,1-3H3. The molecule has 0 saturated heterocycles. The van der Waals surface area contributed by atoms with Crippen LogP contribution in [-0.2, 0) is 4.74 Å². The normalized spacial score (nSPS) is 11.3. The van der Waals surface area contributed by atoms with Crippen molar-refractivity contribution in [1.82, 2.24) is 4.98 Å². The second-order valence-corrected chi connectivity index (χ2v) is 6.98. The summed E-state index contributed by atoms with van der Waals surface area (Å²) in [6.45, 7) is 3.53. The molecule has 0 aliphatic heterocycles. The number of rotatable bonds is 4. The number of nitrogens with zero attached hydrogens (tertiary/aromatic N) is 1. The van der Waals surface area contributed by atoms with E-state index in [2.05, 4.69) is 30.4 Å². The Hall–Kier alpha value is -3.01. The van der Waals surface area contributed by atoms with Crippen LogP contribution < -0.4 is 14.2 Å². The fourth-order valence-corrected chi connectivity index (χ4v) is 3.03. The first kappa shape index (κ1) is 21.7. The number of carbonyl (C=O) groups excluding carboxylic acids is 1. The van der Waals surface area contributed by atoms with E-state index < -0.39 is 12.5 Å². The van der Waals surface area contributed by atoms with Crippen LogP contribution in [0, 0.1) is 13.8 Å². The number of hydrogen-bond donors (Lipinski definition) is 0. The third-order valence-corrected chi connectivity index (χ3v) is 4.72. The van der Waals surface area contributed by atoms with Crippen molar-refractivity contribution in [1.29, 1.82) is 0 Å². The minimum atomic E-state index is -4.78. The number of halogens is 4. The third kappa shape index (κ3) is 4.93. The van der Waals surface area contributed by atoms with Gasteiger partial charge in [-0.3, -0.25) is 4.98 Å². The van der Waals surface area contributed by atoms with Gasteiger partial charge in [0.1, 0.15) is 23.0 Å². The van der Waals surface area contributed by atoms with Gasteiger partial charge in [-0.1, -0.05) is 0 Å². The van der Waals surface area contributed by atoms with Gasteiger partial charge in [0.2, 0.25) is 0 Å². The Kier molecular flexibility index (Phi) is 6.06. The fraction of sp³-hybridized carbons (Fsp3) is 0.200. The molecule has 1 aromatic heterocycles. The highest BCUT2D eigenvalue weighted by molar-refractivity contribution is 9.10. The maximum Gasteiger partial charge on any atom is 0.573 e. The summed E-state index contributed by atoms with van der Waals surface area (Å²) >= 11 is 3.39. The zero-order valence-electron chi connectivity index (χ0n) is 16.0. The molecule has 0 aliphatic rings. The van der Waals surface area contributed by atoms with E-state index in [1.165, 1.54) is 19.2 Å². The van der Waals surface area contributed by atoms with Crippen LogP contribution in [0.5, 0.6) is 23.0 Å². The van der Waals surface area contributed by atoms with Crippen LogP contribution in [0.15, 0.2) is 40.9 Å². The van der Waals surface area contributed by atoms with Crippen molar-refractivity contribution in [2.24, 2.45) is 0 Å². The maximum absolute atomic E-state index is 12.3. The van der Waals surface area contributed by atoms with Crippen molar-refractivity contribution < 1.29 is 36.9 Å². The van der Waals surface area contributed by atoms with Crippen molar-refractivity contribution in [2.75, 3.05) is 7.11 Å². The van der Waals surface area contributed by atoms with Crippen molar-refractivity contribution >= 4 is 33.0 Å². The molecule has 0 N–H and O–H groups in total. The summed E-state index contributed by atoms with van der Waals surface area (Å²) in [6.07, 6.45) is -5.65. The van der Waals surface area contributed by atoms with E-state index in [0.717, 1.165) is 12.1 Å². The number of hydrogen-bond acceptors (Lipinski definition) is 6. The quantitative estimate of drug-likeness (QED) is 0.395. The maximum atomic E-state index is 12.3. The summed E-state index contributed by atoms with van der Waals surface area (Å²) in [5, 5.41) is 0.499. The van der Waals surface area contributed by atoms with E-state index in [1.54, 1.807) is 26.0 Å². The van der Waals surface area contributed by atoms with Crippen LogP contribution in [0.3, 0.4) is 0 Å². The molecule has 0 bridgehead atoms. The molecular weight excluding hydrogens is 471 g/mol. The van der Waals surface area contributed by atoms with Crippen LogP contribution in [0.1, 0.15) is 11.3 Å². The number of methoxy groups -OCH3 is 1. The van der Waals surface area contributed by atoms with Gasteiger partial charge < -0.3 is 18.9 Å². The van der Waals surface area contributed by atoms with Crippen LogP contribution >= 0.6 is 15.9 Å². The molecule has 6 nitrogen and oxygen atoms in total. The summed E-state index contributed by atoms with van der Waals surface area (Å²) in [7, 11) is 1.20. The van der Waals surface area contributed by atoms with Gasteiger partial charge in [-0.2, -0.15) is 0 Å². The SMILES string of the molecule is COC(=O)Oc1c(C)c(C)nc2cc(Br)c(Oc3ccc(OC(F)(F)F)cc3)cc12. The molecule has 0 aliphatic carbocycles. The van der Waals surface area contributed by atoms with Gasteiger partial charge in [-0.05, 0) is 66.2 Å². The number of aryl methyl sites for hydroxylation is 1. The molecule has 0 radical (unpaired) electrons. The average molecular weight is 486 g/mol. The lowest BCUT2D eigenvalue weighted by molar-refractivity contribution is -0.274. The third-order valence-electron chi connectivity index (χ3n) is 4.10. The zero-order chi connectivity index (χ0) is 22.1. The Bertz CT molecular complexity index is 1100. The average Bonchev–Trinajstić information content (AvgIpc) is 2.67. The molecule has 0 spiro atoms. The predicted molar refractivity (Wildman–Crippen MR) is 105 cm³/mol. The summed E-state index contributed by atoms with van der Waals surface area (Å²) in [4.78, 5) is 16.1. The summed E-state index contributed by atoms with van der Waals surface area (Å²) in [5.74, 6) is 0.524. The van der Waals surface area contributed by atoms with Crippen LogP contribution in [-0.4, -0.2) is 24.6 Å². The van der Waals surface area contributed by atoms with Gasteiger partial charge in [0.25, 0.3) is 0 Å². The molecule has 0 amide bonds. The topological polar surface area (TPSA) is 66.9 Å². The largest absolute Gasteiger partial charge is 0.573 e. The lowest BCUT2D eigenvalue weighted by atomic mass is 10.1. The Morgan fingerprint density at radius 3 is 2.30 bits per heavy atom. The first-order valence-electron chi connectivity index (χ1n) is 8.47. The number of aromatic nitrogens is 1. The monoisotopic (exact) mass is 485 g/mol. The number of carbonyl (C=O) groups is 1. The van der Waals surface area contributed by atoms with E-state index in [4.69, 9.17) is 9.47 Å². The Labute approximate surface area is 177 Å². The molecule has 0 unspecified atom stereocenters. The zero-order valence-corrected chi connectivity index (χ0v) is 17.6. The first-order chi connectivity index (χ1) is 14.1. The Morgan fingerprint density at radius 2 is 1.70 bits per heavy atom. The molecule has 0 fully saturated rings. The Balaban J connectivity index is 1.98. The molecule has 10 heteroatoms. The van der Waals surface area contributed by atoms with Crippen molar-refractivity contribution in [3.05, 3.63) is 52.1 Å². The Morgan fingerprint density at radius 1 is 1.07 bits per heavy atom. The van der Waals surface area contributed by atoms with E-state index >= 15 is 0 Å². The minimum absolute atomic E-state index is 0.274. The molecule has 158 valence electrons. The van der Waals surface area contributed by atoms with Gasteiger partial charge in [0.15, 0.2) is 0 Å². The van der Waals surface area contributed by atoms with E-state index in [1.807, 2.05) is 0 Å². The molecule has 0 saturated carbocycles. The number of alkyl halides is 3. The first-order valence-corrected chi connectivity index (χ1v) is 9.26. The van der Waals surface area contributed by atoms with Crippen LogP contribution in [0.2, 0.25) is 0 Å². The lowest BCUT2D eigenvalue weighted by Crippen LogP contribution is -2.16. The van der Waals surface area contributed by atoms with Gasteiger partial charge >= 0.3 is 12.5 Å². The van der Waals surface area contributed by atoms with Crippen molar-refractivity contribution in [2.45, 2.75) is 20.2 Å². The summed E-state index contributed by atoms with van der Waals surface area (Å²) < 4.78 is 56.9. The summed E-state index contributed by atoms with van der Waals surface area (Å²) in [6, 6.07) is 8.24. The van der Waals surface area contributed by atoms with Gasteiger partial charge in [-0.15, -0.1) is 13.2 Å². The molecule has 2 aromatic carbocycles. The van der Waals surface area contributed by atoms with Crippen LogP contribution in [0.25, 0.3) is 10.9 Å². The minimum Gasteiger partial charge on any atom is -0.456 e. The number of benzene rings is 2. The van der Waals surface area contributed by atoms with E-state index in [-0.39, 0.29) is 17.2 Å². The van der Waals surface area contributed by atoms with Gasteiger partial charge in [0, 0.05) is 16.6 Å². The molecule has 0 atom stereocenters. The second-order valence-electron chi connectivity index (χ2n) is 6.13. The number of pyridine rings is 1. The molecule has 30 heavy (non-hydrogen) atoms. The molecule has 1 heterocycles. The summed E-state index contributed by atoms with van der Waals surface area (Å²) in [5.41, 5.74) is 1.86. The number of fused-ring (bicyclic) bond motifs is 1. The second kappa shape index (κ2) is 8.39. The predicted octanol–water partition coefficient (Wildman–Crippen LogP) is 6.45.